The highest BCUT2D eigenvalue weighted by Crippen LogP contribution is 2.34. The molecule has 0 aromatic rings. The fraction of sp³-hybridized carbons (Fsp3) is 1.00. The minimum atomic E-state index is 0.289. The van der Waals surface area contributed by atoms with E-state index in [0.717, 1.165) is 5.92 Å². The van der Waals surface area contributed by atoms with Crippen LogP contribution in [0.15, 0.2) is 0 Å². The average Bonchev–Trinajstić information content (AvgIpc) is 2.99. The zero-order valence-corrected chi connectivity index (χ0v) is 9.79. The van der Waals surface area contributed by atoms with Crippen molar-refractivity contribution in [2.75, 3.05) is 6.61 Å². The molecular weight excluding hydrogens is 174 g/mol. The van der Waals surface area contributed by atoms with Crippen LogP contribution in [0, 0.1) is 11.8 Å². The quantitative estimate of drug-likeness (QED) is 0.658. The molecule has 1 fully saturated rings. The van der Waals surface area contributed by atoms with E-state index in [-0.39, 0.29) is 6.61 Å². The van der Waals surface area contributed by atoms with Gasteiger partial charge in [0.1, 0.15) is 0 Å². The molecule has 0 spiro atoms. The Kier molecular flexibility index (Phi) is 4.90. The Hall–Kier alpha value is -0.0800. The molecule has 0 saturated heterocycles. The van der Waals surface area contributed by atoms with Crippen molar-refractivity contribution < 1.29 is 5.11 Å². The summed E-state index contributed by atoms with van der Waals surface area (Å²) >= 11 is 0. The lowest BCUT2D eigenvalue weighted by molar-refractivity contribution is 0.196. The first-order valence-electron chi connectivity index (χ1n) is 6.06. The Morgan fingerprint density at radius 1 is 1.36 bits per heavy atom. The molecule has 3 unspecified atom stereocenters. The third-order valence-electron chi connectivity index (χ3n) is 3.41. The maximum absolute atomic E-state index is 9.06. The van der Waals surface area contributed by atoms with Crippen LogP contribution in [0.3, 0.4) is 0 Å². The van der Waals surface area contributed by atoms with Crippen molar-refractivity contribution in [3.05, 3.63) is 0 Å². The largest absolute Gasteiger partial charge is 0.396 e. The lowest BCUT2D eigenvalue weighted by atomic mass is 10.0. The third kappa shape index (κ3) is 3.58. The highest BCUT2D eigenvalue weighted by Gasteiger charge is 2.31. The van der Waals surface area contributed by atoms with E-state index in [0.29, 0.717) is 18.0 Å². The smallest absolute Gasteiger partial charge is 0.0471 e. The number of aliphatic hydroxyl groups is 1. The van der Waals surface area contributed by atoms with Crippen LogP contribution >= 0.6 is 0 Å². The molecule has 0 heterocycles. The fourth-order valence-corrected chi connectivity index (χ4v) is 1.92. The van der Waals surface area contributed by atoms with Crippen LogP contribution in [0.2, 0.25) is 0 Å². The summed E-state index contributed by atoms with van der Waals surface area (Å²) in [6, 6.07) is 1.14. The Bertz CT molecular complexity index is 156. The summed E-state index contributed by atoms with van der Waals surface area (Å²) in [5.41, 5.74) is 0. The molecule has 2 N–H and O–H groups in total. The minimum absolute atomic E-state index is 0.289. The van der Waals surface area contributed by atoms with Crippen molar-refractivity contribution in [3.8, 4) is 0 Å². The summed E-state index contributed by atoms with van der Waals surface area (Å²) in [6.45, 7) is 6.83. The molecule has 0 aromatic heterocycles. The maximum Gasteiger partial charge on any atom is 0.0471 e. The SMILES string of the molecule is CCCC(NC(C)C(C)CO)C1CC1. The summed E-state index contributed by atoms with van der Waals surface area (Å²) in [5, 5.41) is 12.7. The van der Waals surface area contributed by atoms with E-state index in [9.17, 15) is 0 Å². The molecule has 14 heavy (non-hydrogen) atoms. The van der Waals surface area contributed by atoms with E-state index in [1.165, 1.54) is 25.7 Å². The second-order valence-corrected chi connectivity index (χ2v) is 4.85. The maximum atomic E-state index is 9.06. The van der Waals surface area contributed by atoms with Crippen molar-refractivity contribution >= 4 is 0 Å². The Morgan fingerprint density at radius 2 is 2.00 bits per heavy atom. The van der Waals surface area contributed by atoms with Gasteiger partial charge in [-0.15, -0.1) is 0 Å². The van der Waals surface area contributed by atoms with Crippen LogP contribution in [0.1, 0.15) is 46.5 Å². The van der Waals surface area contributed by atoms with Gasteiger partial charge in [0.25, 0.3) is 0 Å². The van der Waals surface area contributed by atoms with Crippen LogP contribution in [0.5, 0.6) is 0 Å². The van der Waals surface area contributed by atoms with Crippen LogP contribution in [0.4, 0.5) is 0 Å². The fourth-order valence-electron chi connectivity index (χ4n) is 1.92. The van der Waals surface area contributed by atoms with Gasteiger partial charge in [-0.3, -0.25) is 0 Å². The van der Waals surface area contributed by atoms with Crippen LogP contribution in [-0.2, 0) is 0 Å². The van der Waals surface area contributed by atoms with Crippen LogP contribution in [0.25, 0.3) is 0 Å². The van der Waals surface area contributed by atoms with Gasteiger partial charge in [0, 0.05) is 18.7 Å². The lowest BCUT2D eigenvalue weighted by Gasteiger charge is -2.26. The first-order chi connectivity index (χ1) is 6.69. The zero-order chi connectivity index (χ0) is 10.6. The van der Waals surface area contributed by atoms with Crippen molar-refractivity contribution in [2.24, 2.45) is 11.8 Å². The van der Waals surface area contributed by atoms with E-state index in [1.54, 1.807) is 0 Å². The first kappa shape index (κ1) is 12.0. The Balaban J connectivity index is 2.30. The van der Waals surface area contributed by atoms with Crippen LogP contribution < -0.4 is 5.32 Å². The molecule has 2 nitrogen and oxygen atoms in total. The molecule has 2 heteroatoms. The summed E-state index contributed by atoms with van der Waals surface area (Å²) in [7, 11) is 0. The van der Waals surface area contributed by atoms with Gasteiger partial charge in [-0.2, -0.15) is 0 Å². The van der Waals surface area contributed by atoms with E-state index >= 15 is 0 Å². The molecule has 3 atom stereocenters. The van der Waals surface area contributed by atoms with Crippen molar-refractivity contribution in [2.45, 2.75) is 58.5 Å². The zero-order valence-electron chi connectivity index (χ0n) is 9.79. The van der Waals surface area contributed by atoms with Crippen molar-refractivity contribution in [1.29, 1.82) is 0 Å². The number of hydrogen-bond acceptors (Lipinski definition) is 2. The summed E-state index contributed by atoms with van der Waals surface area (Å²) in [4.78, 5) is 0. The van der Waals surface area contributed by atoms with E-state index in [4.69, 9.17) is 5.11 Å². The molecule has 1 aliphatic rings. The van der Waals surface area contributed by atoms with E-state index < -0.39 is 0 Å². The van der Waals surface area contributed by atoms with Gasteiger partial charge in [-0.25, -0.2) is 0 Å². The van der Waals surface area contributed by atoms with Crippen LogP contribution in [-0.4, -0.2) is 23.8 Å². The monoisotopic (exact) mass is 199 g/mol. The predicted molar refractivity (Wildman–Crippen MR) is 60.3 cm³/mol. The van der Waals surface area contributed by atoms with Gasteiger partial charge in [-0.1, -0.05) is 20.3 Å². The molecule has 0 radical (unpaired) electrons. The van der Waals surface area contributed by atoms with Crippen molar-refractivity contribution in [3.63, 3.8) is 0 Å². The highest BCUT2D eigenvalue weighted by atomic mass is 16.3. The molecule has 0 bridgehead atoms. The highest BCUT2D eigenvalue weighted by molar-refractivity contribution is 4.88. The molecule has 1 rings (SSSR count). The third-order valence-corrected chi connectivity index (χ3v) is 3.41. The second kappa shape index (κ2) is 5.72. The number of rotatable bonds is 7. The minimum Gasteiger partial charge on any atom is -0.396 e. The number of aliphatic hydroxyl groups excluding tert-OH is 1. The van der Waals surface area contributed by atoms with Gasteiger partial charge in [-0.05, 0) is 38.0 Å². The second-order valence-electron chi connectivity index (χ2n) is 4.85. The number of hydrogen-bond donors (Lipinski definition) is 2. The Morgan fingerprint density at radius 3 is 2.43 bits per heavy atom. The summed E-state index contributed by atoms with van der Waals surface area (Å²) < 4.78 is 0. The van der Waals surface area contributed by atoms with Gasteiger partial charge >= 0.3 is 0 Å². The Labute approximate surface area is 88.1 Å². The molecule has 84 valence electrons. The van der Waals surface area contributed by atoms with Gasteiger partial charge in [0.05, 0.1) is 0 Å². The molecule has 1 saturated carbocycles. The molecule has 1 aliphatic carbocycles. The summed E-state index contributed by atoms with van der Waals surface area (Å²) in [6.07, 6.45) is 5.34. The topological polar surface area (TPSA) is 32.3 Å². The molecular formula is C12H25NO. The van der Waals surface area contributed by atoms with Crippen molar-refractivity contribution in [1.82, 2.24) is 5.32 Å². The lowest BCUT2D eigenvalue weighted by Crippen LogP contribution is -2.42. The van der Waals surface area contributed by atoms with E-state index in [1.807, 2.05) is 0 Å². The number of nitrogens with one attached hydrogen (secondary N) is 1. The molecule has 0 amide bonds. The first-order valence-corrected chi connectivity index (χ1v) is 6.06. The molecule has 0 aromatic carbocycles. The standard InChI is InChI=1S/C12H25NO/c1-4-5-12(11-6-7-11)13-10(3)9(2)8-14/h9-14H,4-8H2,1-3H3. The normalized spacial score (nSPS) is 23.1. The van der Waals surface area contributed by atoms with Gasteiger partial charge < -0.3 is 10.4 Å². The van der Waals surface area contributed by atoms with Gasteiger partial charge in [0.15, 0.2) is 0 Å². The average molecular weight is 199 g/mol. The predicted octanol–water partition coefficient (Wildman–Crippen LogP) is 2.17. The molecule has 0 aliphatic heterocycles. The summed E-state index contributed by atoms with van der Waals surface area (Å²) in [5.74, 6) is 1.29. The van der Waals surface area contributed by atoms with E-state index in [2.05, 4.69) is 26.1 Å². The van der Waals surface area contributed by atoms with Gasteiger partial charge in [0.2, 0.25) is 0 Å².